The first-order chi connectivity index (χ1) is 10.2. The van der Waals surface area contributed by atoms with E-state index < -0.39 is 0 Å². The van der Waals surface area contributed by atoms with Crippen molar-refractivity contribution in [3.05, 3.63) is 23.8 Å². The molecule has 0 unspecified atom stereocenters. The zero-order chi connectivity index (χ0) is 14.7. The highest BCUT2D eigenvalue weighted by molar-refractivity contribution is 5.76. The van der Waals surface area contributed by atoms with Gasteiger partial charge in [-0.25, -0.2) is 9.97 Å². The lowest BCUT2D eigenvalue weighted by atomic mass is 9.87. The minimum absolute atomic E-state index is 0.320. The van der Waals surface area contributed by atoms with Crippen molar-refractivity contribution in [2.45, 2.75) is 57.8 Å². The number of hydrogen-bond acceptors (Lipinski definition) is 3. The molecule has 1 aliphatic heterocycles. The molecular formula is C17H25N3O. The van der Waals surface area contributed by atoms with E-state index in [4.69, 9.17) is 0 Å². The fourth-order valence-corrected chi connectivity index (χ4v) is 3.63. The summed E-state index contributed by atoms with van der Waals surface area (Å²) in [4.78, 5) is 23.4. The molecule has 0 aromatic carbocycles. The fraction of sp³-hybridized carbons (Fsp3) is 0.706. The van der Waals surface area contributed by atoms with Gasteiger partial charge in [0.2, 0.25) is 5.91 Å². The summed E-state index contributed by atoms with van der Waals surface area (Å²) in [5.41, 5.74) is 1.01. The van der Waals surface area contributed by atoms with E-state index in [0.717, 1.165) is 37.4 Å². The highest BCUT2D eigenvalue weighted by Gasteiger charge is 2.30. The third-order valence-corrected chi connectivity index (χ3v) is 4.91. The van der Waals surface area contributed by atoms with Gasteiger partial charge in [-0.3, -0.25) is 4.79 Å². The Morgan fingerprint density at radius 2 is 2.10 bits per heavy atom. The van der Waals surface area contributed by atoms with Gasteiger partial charge in [-0.1, -0.05) is 19.3 Å². The second-order valence-corrected chi connectivity index (χ2v) is 6.59. The summed E-state index contributed by atoms with van der Waals surface area (Å²) in [6, 6.07) is 1.92. The van der Waals surface area contributed by atoms with Crippen molar-refractivity contribution in [2.24, 2.45) is 5.92 Å². The lowest BCUT2D eigenvalue weighted by Gasteiger charge is -2.24. The highest BCUT2D eigenvalue weighted by Crippen LogP contribution is 2.29. The molecule has 0 bridgehead atoms. The topological polar surface area (TPSA) is 46.1 Å². The summed E-state index contributed by atoms with van der Waals surface area (Å²) in [6.07, 6.45) is 10.0. The molecule has 2 fully saturated rings. The van der Waals surface area contributed by atoms with Crippen LogP contribution >= 0.6 is 0 Å². The number of carbonyl (C=O) groups excluding carboxylic acids is 1. The second-order valence-electron chi connectivity index (χ2n) is 6.59. The Bertz CT molecular complexity index is 497. The lowest BCUT2D eigenvalue weighted by Crippen LogP contribution is -2.30. The Hall–Kier alpha value is -1.45. The van der Waals surface area contributed by atoms with Gasteiger partial charge < -0.3 is 4.90 Å². The molecule has 4 nitrogen and oxygen atoms in total. The summed E-state index contributed by atoms with van der Waals surface area (Å²) >= 11 is 0. The molecule has 1 aliphatic carbocycles. The minimum atomic E-state index is 0.320. The molecule has 1 saturated heterocycles. The van der Waals surface area contributed by atoms with Crippen molar-refractivity contribution in [3.8, 4) is 0 Å². The van der Waals surface area contributed by atoms with Gasteiger partial charge in [-0.15, -0.1) is 0 Å². The van der Waals surface area contributed by atoms with Crippen molar-refractivity contribution in [3.63, 3.8) is 0 Å². The van der Waals surface area contributed by atoms with Gasteiger partial charge in [0.25, 0.3) is 0 Å². The van der Waals surface area contributed by atoms with Crippen LogP contribution in [0.25, 0.3) is 0 Å². The molecule has 0 N–H and O–H groups in total. The third-order valence-electron chi connectivity index (χ3n) is 4.91. The third kappa shape index (κ3) is 3.60. The molecular weight excluding hydrogens is 262 g/mol. The average molecular weight is 287 g/mol. The van der Waals surface area contributed by atoms with E-state index in [9.17, 15) is 4.79 Å². The molecule has 114 valence electrons. The molecule has 1 amide bonds. The number of nitrogens with zero attached hydrogens (tertiary/aromatic N) is 3. The number of aryl methyl sites for hydroxylation is 1. The Kier molecular flexibility index (Phi) is 4.51. The summed E-state index contributed by atoms with van der Waals surface area (Å²) in [5.74, 6) is 2.20. The van der Waals surface area contributed by atoms with Crippen LogP contribution in [0.4, 0.5) is 0 Å². The van der Waals surface area contributed by atoms with Crippen molar-refractivity contribution < 1.29 is 4.79 Å². The van der Waals surface area contributed by atoms with Crippen LogP contribution in [0.1, 0.15) is 62.4 Å². The molecule has 2 aliphatic rings. The Labute approximate surface area is 127 Å². The van der Waals surface area contributed by atoms with Crippen LogP contribution in [-0.2, 0) is 4.79 Å². The van der Waals surface area contributed by atoms with Crippen LogP contribution < -0.4 is 0 Å². The van der Waals surface area contributed by atoms with Crippen molar-refractivity contribution in [2.75, 3.05) is 13.1 Å². The number of hydrogen-bond donors (Lipinski definition) is 0. The second kappa shape index (κ2) is 6.54. The van der Waals surface area contributed by atoms with Crippen LogP contribution in [0.2, 0.25) is 0 Å². The van der Waals surface area contributed by atoms with Crippen LogP contribution in [-0.4, -0.2) is 33.9 Å². The first-order valence-corrected chi connectivity index (χ1v) is 8.29. The minimum Gasteiger partial charge on any atom is -0.342 e. The zero-order valence-electron chi connectivity index (χ0n) is 12.9. The normalized spacial score (nSPS) is 23.5. The zero-order valence-corrected chi connectivity index (χ0v) is 12.9. The fourth-order valence-electron chi connectivity index (χ4n) is 3.63. The number of carbonyl (C=O) groups is 1. The molecule has 1 atom stereocenters. The summed E-state index contributed by atoms with van der Waals surface area (Å²) < 4.78 is 0. The van der Waals surface area contributed by atoms with Crippen molar-refractivity contribution in [1.82, 2.24) is 14.9 Å². The smallest absolute Gasteiger partial charge is 0.222 e. The van der Waals surface area contributed by atoms with E-state index in [1.165, 1.54) is 32.1 Å². The van der Waals surface area contributed by atoms with E-state index >= 15 is 0 Å². The first-order valence-electron chi connectivity index (χ1n) is 8.29. The largest absolute Gasteiger partial charge is 0.342 e. The van der Waals surface area contributed by atoms with Crippen LogP contribution in [0.5, 0.6) is 0 Å². The van der Waals surface area contributed by atoms with Gasteiger partial charge in [0.1, 0.15) is 5.82 Å². The predicted molar refractivity (Wildman–Crippen MR) is 81.9 cm³/mol. The molecule has 2 heterocycles. The predicted octanol–water partition coefficient (Wildman–Crippen LogP) is 3.07. The van der Waals surface area contributed by atoms with Gasteiger partial charge in [-0.2, -0.15) is 0 Å². The van der Waals surface area contributed by atoms with Gasteiger partial charge >= 0.3 is 0 Å². The van der Waals surface area contributed by atoms with Crippen LogP contribution in [0.3, 0.4) is 0 Å². The lowest BCUT2D eigenvalue weighted by molar-refractivity contribution is -0.131. The van der Waals surface area contributed by atoms with Gasteiger partial charge in [0, 0.05) is 37.3 Å². The van der Waals surface area contributed by atoms with Crippen LogP contribution in [0, 0.1) is 12.8 Å². The molecule has 4 heteroatoms. The molecule has 1 aromatic heterocycles. The number of likely N-dealkylation sites (tertiary alicyclic amines) is 1. The number of aromatic nitrogens is 2. The molecule has 0 spiro atoms. The maximum Gasteiger partial charge on any atom is 0.222 e. The van der Waals surface area contributed by atoms with E-state index in [1.807, 2.05) is 24.1 Å². The van der Waals surface area contributed by atoms with Crippen molar-refractivity contribution >= 4 is 5.91 Å². The molecule has 1 aromatic rings. The summed E-state index contributed by atoms with van der Waals surface area (Å²) in [7, 11) is 0. The van der Waals surface area contributed by atoms with E-state index in [1.54, 1.807) is 0 Å². The first kappa shape index (κ1) is 14.5. The Balaban J connectivity index is 1.55. The van der Waals surface area contributed by atoms with E-state index in [2.05, 4.69) is 9.97 Å². The van der Waals surface area contributed by atoms with Gasteiger partial charge in [0.15, 0.2) is 0 Å². The van der Waals surface area contributed by atoms with E-state index in [-0.39, 0.29) is 0 Å². The summed E-state index contributed by atoms with van der Waals surface area (Å²) in [5, 5.41) is 0. The van der Waals surface area contributed by atoms with Crippen LogP contribution in [0.15, 0.2) is 12.3 Å². The standard InChI is InChI=1S/C17H25N3O/c1-13-7-9-18-17(19-13)15-8-10-20(12-15)16(21)11-14-5-3-2-4-6-14/h7,9,14-15H,2-6,8,10-12H2,1H3/t15-/m0/s1. The summed E-state index contributed by atoms with van der Waals surface area (Å²) in [6.45, 7) is 3.66. The number of rotatable bonds is 3. The van der Waals surface area contributed by atoms with Gasteiger partial charge in [0.05, 0.1) is 0 Å². The molecule has 0 radical (unpaired) electrons. The Morgan fingerprint density at radius 1 is 1.29 bits per heavy atom. The SMILES string of the molecule is Cc1ccnc([C@H]2CCN(C(=O)CC3CCCCC3)C2)n1. The molecule has 1 saturated carbocycles. The highest BCUT2D eigenvalue weighted by atomic mass is 16.2. The monoisotopic (exact) mass is 287 g/mol. The maximum atomic E-state index is 12.4. The van der Waals surface area contributed by atoms with Crippen molar-refractivity contribution in [1.29, 1.82) is 0 Å². The van der Waals surface area contributed by atoms with E-state index in [0.29, 0.717) is 17.7 Å². The quantitative estimate of drug-likeness (QED) is 0.858. The van der Waals surface area contributed by atoms with Gasteiger partial charge in [-0.05, 0) is 38.2 Å². The maximum absolute atomic E-state index is 12.4. The molecule has 21 heavy (non-hydrogen) atoms. The number of amides is 1. The average Bonchev–Trinajstić information content (AvgIpc) is 2.98. The molecule has 3 rings (SSSR count). The Morgan fingerprint density at radius 3 is 2.86 bits per heavy atom.